The molecule has 2 heterocycles. The van der Waals surface area contributed by atoms with Gasteiger partial charge >= 0.3 is 5.97 Å². The van der Waals surface area contributed by atoms with Crippen molar-refractivity contribution in [3.05, 3.63) is 64.1 Å². The van der Waals surface area contributed by atoms with Gasteiger partial charge in [0.05, 0.1) is 20.8 Å². The molecule has 28 heavy (non-hydrogen) atoms. The first-order valence-electron chi connectivity index (χ1n) is 9.16. The smallest absolute Gasteiger partial charge is 0.338 e. The Labute approximate surface area is 171 Å². The molecule has 1 aliphatic heterocycles. The average Bonchev–Trinajstić information content (AvgIpc) is 3.17. The summed E-state index contributed by atoms with van der Waals surface area (Å²) in [6, 6.07) is 14.5. The number of fused-ring (bicyclic) bond motifs is 1. The Balaban J connectivity index is 1.36. The first-order valence-corrected chi connectivity index (χ1v) is 10.4. The zero-order chi connectivity index (χ0) is 19.5. The summed E-state index contributed by atoms with van der Waals surface area (Å²) < 4.78 is 6.35. The van der Waals surface area contributed by atoms with E-state index in [4.69, 9.17) is 21.3 Å². The Kier molecular flexibility index (Phi) is 5.59. The molecular formula is C21H19ClN2O3S. The third kappa shape index (κ3) is 4.18. The lowest BCUT2D eigenvalue weighted by atomic mass is 9.99. The highest BCUT2D eigenvalue weighted by Crippen LogP contribution is 2.32. The van der Waals surface area contributed by atoms with Crippen LogP contribution in [0.3, 0.4) is 0 Å². The van der Waals surface area contributed by atoms with E-state index >= 15 is 0 Å². The molecule has 4 rings (SSSR count). The summed E-state index contributed by atoms with van der Waals surface area (Å²) in [5.41, 5.74) is 1.38. The van der Waals surface area contributed by atoms with Crippen molar-refractivity contribution in [1.82, 2.24) is 9.88 Å². The highest BCUT2D eigenvalue weighted by Gasteiger charge is 2.27. The van der Waals surface area contributed by atoms with Gasteiger partial charge in [-0.15, -0.1) is 11.3 Å². The number of ether oxygens (including phenoxy) is 1. The first kappa shape index (κ1) is 18.9. The van der Waals surface area contributed by atoms with E-state index in [1.807, 2.05) is 18.2 Å². The maximum atomic E-state index is 12.5. The number of carbonyl (C=O) groups is 2. The lowest BCUT2D eigenvalue weighted by molar-refractivity contribution is -0.135. The summed E-state index contributed by atoms with van der Waals surface area (Å²) in [7, 11) is 0. The summed E-state index contributed by atoms with van der Waals surface area (Å²) in [5.74, 6) is -0.472. The molecule has 7 heteroatoms. The third-order valence-electron chi connectivity index (χ3n) is 4.84. The van der Waals surface area contributed by atoms with Gasteiger partial charge in [0.1, 0.15) is 0 Å². The number of piperidine rings is 1. The maximum Gasteiger partial charge on any atom is 0.338 e. The molecule has 5 nitrogen and oxygen atoms in total. The second-order valence-corrected chi connectivity index (χ2v) is 8.28. The number of amides is 1. The summed E-state index contributed by atoms with van der Waals surface area (Å²) in [6.07, 6.45) is 1.92. The minimum Gasteiger partial charge on any atom is -0.452 e. The lowest BCUT2D eigenvalue weighted by Gasteiger charge is -2.31. The van der Waals surface area contributed by atoms with Crippen molar-refractivity contribution in [3.63, 3.8) is 0 Å². The molecule has 0 unspecified atom stereocenters. The Bertz CT molecular complexity index is 969. The van der Waals surface area contributed by atoms with Crippen molar-refractivity contribution in [2.24, 2.45) is 0 Å². The van der Waals surface area contributed by atoms with Gasteiger partial charge in [0, 0.05) is 24.0 Å². The average molecular weight is 415 g/mol. The zero-order valence-electron chi connectivity index (χ0n) is 15.1. The lowest BCUT2D eigenvalue weighted by Crippen LogP contribution is -2.41. The van der Waals surface area contributed by atoms with Crippen LogP contribution in [0.2, 0.25) is 5.02 Å². The van der Waals surface area contributed by atoms with Gasteiger partial charge in [-0.2, -0.15) is 0 Å². The number of hydrogen-bond acceptors (Lipinski definition) is 5. The number of para-hydroxylation sites is 1. The quantitative estimate of drug-likeness (QED) is 0.589. The fraction of sp³-hybridized carbons (Fsp3) is 0.286. The van der Waals surface area contributed by atoms with Gasteiger partial charge in [0.2, 0.25) is 0 Å². The number of benzene rings is 2. The van der Waals surface area contributed by atoms with E-state index in [1.165, 1.54) is 0 Å². The van der Waals surface area contributed by atoms with Crippen molar-refractivity contribution in [2.45, 2.75) is 18.8 Å². The highest BCUT2D eigenvalue weighted by molar-refractivity contribution is 7.18. The zero-order valence-corrected chi connectivity index (χ0v) is 16.7. The van der Waals surface area contributed by atoms with Gasteiger partial charge in [-0.25, -0.2) is 9.78 Å². The standard InChI is InChI=1S/C21H19ClN2O3S/c22-16-9-7-14(8-10-16)21(26)27-13-19(25)24-11-3-4-15(12-24)20-23-17-5-1-2-6-18(17)28-20/h1-2,5-10,15H,3-4,11-13H2/t15-/m0/s1. The molecule has 1 aromatic heterocycles. The Morgan fingerprint density at radius 2 is 1.96 bits per heavy atom. The van der Waals surface area contributed by atoms with Gasteiger partial charge in [0.25, 0.3) is 5.91 Å². The number of esters is 1. The molecule has 1 amide bonds. The Morgan fingerprint density at radius 1 is 1.18 bits per heavy atom. The SMILES string of the molecule is O=C(OCC(=O)N1CCC[C@H](c2nc3ccccc3s2)C1)c1ccc(Cl)cc1. The normalized spacial score (nSPS) is 16.9. The highest BCUT2D eigenvalue weighted by atomic mass is 35.5. The third-order valence-corrected chi connectivity index (χ3v) is 6.29. The molecule has 2 aromatic carbocycles. The number of rotatable bonds is 4. The van der Waals surface area contributed by atoms with E-state index in [-0.39, 0.29) is 18.4 Å². The molecule has 0 saturated carbocycles. The van der Waals surface area contributed by atoms with Crippen molar-refractivity contribution in [3.8, 4) is 0 Å². The van der Waals surface area contributed by atoms with Crippen LogP contribution in [0.15, 0.2) is 48.5 Å². The largest absolute Gasteiger partial charge is 0.452 e. The van der Waals surface area contributed by atoms with Crippen LogP contribution < -0.4 is 0 Å². The van der Waals surface area contributed by atoms with Gasteiger partial charge in [-0.3, -0.25) is 4.79 Å². The molecule has 1 aliphatic rings. The van der Waals surface area contributed by atoms with Crippen LogP contribution in [0.4, 0.5) is 0 Å². The molecule has 0 spiro atoms. The second kappa shape index (κ2) is 8.29. The van der Waals surface area contributed by atoms with Crippen LogP contribution in [0.5, 0.6) is 0 Å². The fourth-order valence-electron chi connectivity index (χ4n) is 3.36. The fourth-order valence-corrected chi connectivity index (χ4v) is 4.58. The molecule has 1 fully saturated rings. The molecule has 0 N–H and O–H groups in total. The van der Waals surface area contributed by atoms with Crippen LogP contribution in [0, 0.1) is 0 Å². The summed E-state index contributed by atoms with van der Waals surface area (Å²) >= 11 is 7.51. The van der Waals surface area contributed by atoms with Crippen LogP contribution >= 0.6 is 22.9 Å². The van der Waals surface area contributed by atoms with Crippen molar-refractivity contribution < 1.29 is 14.3 Å². The number of carbonyl (C=O) groups excluding carboxylic acids is 2. The van der Waals surface area contributed by atoms with E-state index in [0.29, 0.717) is 23.7 Å². The van der Waals surface area contributed by atoms with Crippen LogP contribution in [0.25, 0.3) is 10.2 Å². The minimum atomic E-state index is -0.523. The first-order chi connectivity index (χ1) is 13.6. The maximum absolute atomic E-state index is 12.5. The number of likely N-dealkylation sites (tertiary alicyclic amines) is 1. The molecule has 1 saturated heterocycles. The number of hydrogen-bond donors (Lipinski definition) is 0. The van der Waals surface area contributed by atoms with E-state index in [9.17, 15) is 9.59 Å². The Morgan fingerprint density at radius 3 is 2.75 bits per heavy atom. The van der Waals surface area contributed by atoms with Crippen LogP contribution in [-0.4, -0.2) is 41.5 Å². The van der Waals surface area contributed by atoms with Gasteiger partial charge < -0.3 is 9.64 Å². The van der Waals surface area contributed by atoms with Crippen molar-refractivity contribution in [1.29, 1.82) is 0 Å². The topological polar surface area (TPSA) is 59.5 Å². The molecule has 3 aromatic rings. The Hall–Kier alpha value is -2.44. The molecular weight excluding hydrogens is 396 g/mol. The van der Waals surface area contributed by atoms with Gasteiger partial charge in [0.15, 0.2) is 6.61 Å². The molecule has 144 valence electrons. The predicted molar refractivity (Wildman–Crippen MR) is 110 cm³/mol. The minimum absolute atomic E-state index is 0.173. The molecule has 0 aliphatic carbocycles. The molecule has 1 atom stereocenters. The van der Waals surface area contributed by atoms with E-state index in [1.54, 1.807) is 40.5 Å². The van der Waals surface area contributed by atoms with Crippen LogP contribution in [0.1, 0.15) is 34.1 Å². The number of thiazole rings is 1. The van der Waals surface area contributed by atoms with E-state index in [2.05, 4.69) is 6.07 Å². The monoisotopic (exact) mass is 414 g/mol. The van der Waals surface area contributed by atoms with Crippen molar-refractivity contribution in [2.75, 3.05) is 19.7 Å². The number of halogens is 1. The van der Waals surface area contributed by atoms with E-state index in [0.717, 1.165) is 28.1 Å². The summed E-state index contributed by atoms with van der Waals surface area (Å²) in [6.45, 7) is 1.03. The van der Waals surface area contributed by atoms with Crippen molar-refractivity contribution >= 4 is 45.0 Å². The van der Waals surface area contributed by atoms with Gasteiger partial charge in [-0.05, 0) is 49.2 Å². The molecule has 0 radical (unpaired) electrons. The molecule has 0 bridgehead atoms. The van der Waals surface area contributed by atoms with E-state index < -0.39 is 5.97 Å². The number of nitrogens with zero attached hydrogens (tertiary/aromatic N) is 2. The number of aromatic nitrogens is 1. The summed E-state index contributed by atoms with van der Waals surface area (Å²) in [5, 5.41) is 1.61. The summed E-state index contributed by atoms with van der Waals surface area (Å²) in [4.78, 5) is 31.1. The van der Waals surface area contributed by atoms with Gasteiger partial charge in [-0.1, -0.05) is 23.7 Å². The van der Waals surface area contributed by atoms with Crippen LogP contribution in [-0.2, 0) is 9.53 Å². The second-order valence-electron chi connectivity index (χ2n) is 6.78. The predicted octanol–water partition coefficient (Wildman–Crippen LogP) is 4.51.